The van der Waals surface area contributed by atoms with Gasteiger partial charge in [0.05, 0.1) is 47.8 Å². The average Bonchev–Trinajstić information content (AvgIpc) is 1.78. The van der Waals surface area contributed by atoms with Crippen LogP contribution in [-0.2, 0) is 23.8 Å². The summed E-state index contributed by atoms with van der Waals surface area (Å²) in [5.41, 5.74) is -1.77. The Bertz CT molecular complexity index is 3690. The molecule has 20 nitrogen and oxygen atoms in total. The Hall–Kier alpha value is -7.10. The molecule has 3 N–H and O–H groups in total. The number of nitrogens with one attached hydrogen (secondary N) is 1. The molecule has 4 aromatic rings. The Balaban J connectivity index is 0.673. The van der Waals surface area contributed by atoms with Gasteiger partial charge in [0.2, 0.25) is 23.4 Å². The van der Waals surface area contributed by atoms with E-state index in [0.717, 1.165) is 68.2 Å². The predicted octanol–water partition coefficient (Wildman–Crippen LogP) is 6.84. The zero-order valence-electron chi connectivity index (χ0n) is 49.1. The van der Waals surface area contributed by atoms with E-state index >= 15 is 4.39 Å². The lowest BCUT2D eigenvalue weighted by Crippen LogP contribution is -2.61. The molecular formula is C64H75FN6O14. The lowest BCUT2D eigenvalue weighted by atomic mass is 9.46. The first kappa shape index (κ1) is 57.0. The van der Waals surface area contributed by atoms with Crippen LogP contribution in [0, 0.1) is 47.2 Å². The minimum atomic E-state index is -1.93. The molecule has 5 saturated carbocycles. The molecule has 85 heavy (non-hydrogen) atoms. The topological polar surface area (TPSA) is 238 Å². The Morgan fingerprint density at radius 2 is 1.46 bits per heavy atom. The predicted molar refractivity (Wildman–Crippen MR) is 311 cm³/mol. The van der Waals surface area contributed by atoms with Crippen molar-refractivity contribution in [2.45, 2.75) is 134 Å². The first-order chi connectivity index (χ1) is 40.7. The van der Waals surface area contributed by atoms with Crippen molar-refractivity contribution in [2.24, 2.45) is 34.5 Å². The van der Waals surface area contributed by atoms with Gasteiger partial charge in [0.15, 0.2) is 29.7 Å². The van der Waals surface area contributed by atoms with Crippen molar-refractivity contribution in [3.05, 3.63) is 91.3 Å². The van der Waals surface area contributed by atoms with Gasteiger partial charge in [-0.3, -0.25) is 19.2 Å². The number of esters is 2. The van der Waals surface area contributed by atoms with Crippen LogP contribution < -0.4 is 35.4 Å². The zero-order valence-corrected chi connectivity index (χ0v) is 49.1. The number of pyridine rings is 2. The quantitative estimate of drug-likeness (QED) is 0.0918. The molecule has 452 valence electrons. The smallest absolute Gasteiger partial charge is 0.413 e. The third-order valence-electron chi connectivity index (χ3n) is 21.3. The van der Waals surface area contributed by atoms with Crippen molar-refractivity contribution in [1.82, 2.24) is 19.4 Å². The van der Waals surface area contributed by atoms with Crippen molar-refractivity contribution in [2.75, 3.05) is 76.7 Å². The molecule has 2 aromatic heterocycles. The van der Waals surface area contributed by atoms with E-state index in [9.17, 15) is 43.8 Å². The molecule has 13 rings (SSSR count). The molecule has 3 unspecified atom stereocenters. The second kappa shape index (κ2) is 21.1. The number of ether oxygens (including phenoxy) is 5. The Labute approximate surface area is 490 Å². The Morgan fingerprint density at radius 1 is 0.800 bits per heavy atom. The first-order valence-electron chi connectivity index (χ1n) is 30.3. The number of ketones is 2. The van der Waals surface area contributed by atoms with E-state index in [0.29, 0.717) is 60.7 Å². The van der Waals surface area contributed by atoms with E-state index in [-0.39, 0.29) is 96.0 Å². The van der Waals surface area contributed by atoms with Crippen molar-refractivity contribution < 1.29 is 62.3 Å². The number of rotatable bonds is 13. The highest BCUT2D eigenvalue weighted by Crippen LogP contribution is 2.67. The number of aliphatic hydroxyl groups excluding tert-OH is 1. The molecule has 0 bridgehead atoms. The number of nitrogens with zero attached hydrogens (tertiary/aromatic N) is 5. The molecule has 10 atom stereocenters. The highest BCUT2D eigenvalue weighted by atomic mass is 19.1. The molecule has 2 aromatic carbocycles. The van der Waals surface area contributed by atoms with Gasteiger partial charge in [0.25, 0.3) is 0 Å². The van der Waals surface area contributed by atoms with E-state index in [4.69, 9.17) is 23.7 Å². The van der Waals surface area contributed by atoms with Crippen LogP contribution in [0.2, 0.25) is 0 Å². The summed E-state index contributed by atoms with van der Waals surface area (Å²) in [6.07, 6.45) is 13.8. The molecule has 9 aliphatic rings. The minimum Gasteiger partial charge on any atom is -0.492 e. The van der Waals surface area contributed by atoms with E-state index in [1.165, 1.54) is 24.4 Å². The van der Waals surface area contributed by atoms with Gasteiger partial charge in [0, 0.05) is 86.0 Å². The highest BCUT2D eigenvalue weighted by Gasteiger charge is 2.68. The van der Waals surface area contributed by atoms with Gasteiger partial charge in [-0.1, -0.05) is 25.5 Å². The van der Waals surface area contributed by atoms with Crippen LogP contribution in [0.25, 0.3) is 21.8 Å². The van der Waals surface area contributed by atoms with Crippen LogP contribution >= 0.6 is 0 Å². The third kappa shape index (κ3) is 9.17. The maximum absolute atomic E-state index is 16.8. The van der Waals surface area contributed by atoms with Crippen LogP contribution in [0.4, 0.5) is 20.6 Å². The number of methoxy groups -OCH3 is 2. The molecule has 0 radical (unpaired) electrons. The number of piperidine rings is 1. The van der Waals surface area contributed by atoms with Crippen molar-refractivity contribution in [3.8, 4) is 11.5 Å². The molecule has 6 aliphatic carbocycles. The second-order valence-corrected chi connectivity index (χ2v) is 26.1. The number of hydrogen-bond acceptors (Lipinski definition) is 17. The fraction of sp³-hybridized carbons (Fsp3) is 0.578. The van der Waals surface area contributed by atoms with E-state index in [1.807, 2.05) is 37.5 Å². The van der Waals surface area contributed by atoms with Crippen molar-refractivity contribution in [3.63, 3.8) is 0 Å². The van der Waals surface area contributed by atoms with Gasteiger partial charge in [-0.25, -0.2) is 18.8 Å². The summed E-state index contributed by atoms with van der Waals surface area (Å²) >= 11 is 0. The number of allylic oxidation sites excluding steroid dienone is 4. The average molecular weight is 1170 g/mol. The van der Waals surface area contributed by atoms with E-state index in [2.05, 4.69) is 10.2 Å². The minimum absolute atomic E-state index is 0.0380. The van der Waals surface area contributed by atoms with Crippen LogP contribution in [0.3, 0.4) is 0 Å². The largest absolute Gasteiger partial charge is 0.492 e. The van der Waals surface area contributed by atoms with Gasteiger partial charge in [-0.15, -0.1) is 0 Å². The van der Waals surface area contributed by atoms with Crippen LogP contribution in [-0.4, -0.2) is 145 Å². The number of hydrogen-bond donors (Lipinski definition) is 3. The molecule has 3 saturated heterocycles. The molecule has 0 spiro atoms. The van der Waals surface area contributed by atoms with Gasteiger partial charge in [-0.05, 0) is 139 Å². The number of carbonyl (C=O) groups is 5. The number of fused-ring (bicyclic) bond motifs is 8. The first-order valence-corrected chi connectivity index (χ1v) is 30.3. The van der Waals surface area contributed by atoms with Crippen LogP contribution in [0.15, 0.2) is 57.9 Å². The van der Waals surface area contributed by atoms with Crippen molar-refractivity contribution in [1.29, 1.82) is 0 Å². The number of Topliss-reactive ketones (excluding diaryl/α,β-unsaturated/α-hetero) is 1. The van der Waals surface area contributed by atoms with Gasteiger partial charge in [0.1, 0.15) is 22.4 Å². The van der Waals surface area contributed by atoms with E-state index < -0.39 is 88.0 Å². The fourth-order valence-electron chi connectivity index (χ4n) is 16.8. The van der Waals surface area contributed by atoms with Gasteiger partial charge < -0.3 is 63.0 Å². The van der Waals surface area contributed by atoms with E-state index in [1.54, 1.807) is 35.7 Å². The standard InChI is InChI=1S/C64H75FN6O14/c1-33-22-41-52(57(81-5)51(33)68-27-35-8-7-19-66-47(35)30-68)70(37-10-11-37)29-44(55(41)75)60(78)84-32-85-61(79)69-21-20-67(26-34(69)2)54-46(65)24-42-53(58(54)82-6)71(38-12-13-38)28-43(56(42)76)59(77)83-31-49(74)64(80)18-16-45-40-14-9-36-23-39(72)15-17-62(36,3)50(40)48(73)25-63(45,64)4/h15,17,22-24,28-29,34-35,37-38,40,45,47-48,50,66,73,80H,7-14,16,18-21,25-27,30-32H2,1-6H3/t34?,35?,40-,45-,47?,48-,50+,62-,63-,64-/m0/s1. The molecular weight excluding hydrogens is 1100 g/mol. The molecule has 3 aliphatic heterocycles. The Morgan fingerprint density at radius 3 is 2.11 bits per heavy atom. The maximum atomic E-state index is 16.8. The number of halogens is 1. The molecule has 5 heterocycles. The second-order valence-electron chi connectivity index (χ2n) is 26.1. The number of aliphatic hydroxyl groups is 2. The number of benzene rings is 2. The number of anilines is 2. The van der Waals surface area contributed by atoms with Crippen LogP contribution in [0.5, 0.6) is 11.5 Å². The van der Waals surface area contributed by atoms with Gasteiger partial charge in [-0.2, -0.15) is 0 Å². The normalized spacial score (nSPS) is 30.6. The molecule has 8 fully saturated rings. The number of amides is 1. The summed E-state index contributed by atoms with van der Waals surface area (Å²) in [7, 11) is 2.97. The Kier molecular flexibility index (Phi) is 14.1. The molecule has 21 heteroatoms. The monoisotopic (exact) mass is 1170 g/mol. The third-order valence-corrected chi connectivity index (χ3v) is 21.3. The fourth-order valence-corrected chi connectivity index (χ4v) is 16.8. The number of aromatic nitrogens is 2. The summed E-state index contributed by atoms with van der Waals surface area (Å²) < 4.78 is 49.0. The SMILES string of the molecule is COc1c(N2CC3CCCNC3C2)c(C)cc2c(=O)c(C(=O)OCOC(=O)N3CCN(c4c(F)cc5c(=O)c(C(=O)OCC(=O)[C@@]6(O)CC[C@H]7[C@@H]8CCC9=CC(=O)C=C[C@]9(C)[C@H]8[C@@H](O)C[C@@]76C)cn(C6CC6)c5c4OC)CC3C)cn(C3CC3)c12. The summed E-state index contributed by atoms with van der Waals surface area (Å²) in [4.78, 5) is 102. The summed E-state index contributed by atoms with van der Waals surface area (Å²) in [6, 6.07) is 2.58. The highest BCUT2D eigenvalue weighted by molar-refractivity contribution is 6.02. The number of carbonyl (C=O) groups excluding carboxylic acids is 5. The lowest BCUT2D eigenvalue weighted by molar-refractivity contribution is -0.178. The molecule has 1 amide bonds. The van der Waals surface area contributed by atoms with Gasteiger partial charge >= 0.3 is 18.0 Å². The van der Waals surface area contributed by atoms with Crippen LogP contribution in [0.1, 0.15) is 130 Å². The number of aryl methyl sites for hydroxylation is 1. The van der Waals surface area contributed by atoms with Crippen molar-refractivity contribution >= 4 is 62.8 Å². The summed E-state index contributed by atoms with van der Waals surface area (Å²) in [6.45, 7) is 8.93. The number of piperazine rings is 1. The zero-order chi connectivity index (χ0) is 59.8. The maximum Gasteiger partial charge on any atom is 0.413 e. The lowest BCUT2D eigenvalue weighted by Gasteiger charge is -2.59. The summed E-state index contributed by atoms with van der Waals surface area (Å²) in [5.74, 6) is -2.90. The summed E-state index contributed by atoms with van der Waals surface area (Å²) in [5, 5.41) is 28.0.